The quantitative estimate of drug-likeness (QED) is 0.807. The molecule has 8 heteroatoms. The van der Waals surface area contributed by atoms with Gasteiger partial charge < -0.3 is 15.3 Å². The number of hydrogen-bond donors (Lipinski definition) is 2. The molecule has 1 heterocycles. The minimum absolute atomic E-state index is 0.387. The molecule has 0 bridgehead atoms. The van der Waals surface area contributed by atoms with E-state index in [1.54, 1.807) is 0 Å². The Hall–Kier alpha value is -1.47. The first-order valence-electron chi connectivity index (χ1n) is 9.09. The van der Waals surface area contributed by atoms with Crippen molar-refractivity contribution in [3.63, 3.8) is 0 Å². The van der Waals surface area contributed by atoms with Gasteiger partial charge in [-0.15, -0.1) is 0 Å². The molecule has 1 aliphatic heterocycles. The van der Waals surface area contributed by atoms with Gasteiger partial charge in [-0.1, -0.05) is 32.1 Å². The number of nitrogens with zero attached hydrogens (tertiary/aromatic N) is 1. The Balaban J connectivity index is 1.47. The molecule has 142 valence electrons. The minimum Gasteiger partial charge on any atom is -0.481 e. The molecule has 2 aliphatic carbocycles. The van der Waals surface area contributed by atoms with Crippen LogP contribution < -0.4 is 5.32 Å². The fourth-order valence-corrected chi connectivity index (χ4v) is 4.53. The number of carboxylic acids is 1. The Bertz CT molecular complexity index is 520. The Morgan fingerprint density at radius 1 is 1.12 bits per heavy atom. The number of carboxylic acid groups (broad SMARTS) is 1. The van der Waals surface area contributed by atoms with Crippen molar-refractivity contribution in [2.75, 3.05) is 19.6 Å². The Labute approximate surface area is 144 Å². The zero-order valence-corrected chi connectivity index (χ0v) is 14.1. The lowest BCUT2D eigenvalue weighted by Crippen LogP contribution is -2.40. The first-order valence-corrected chi connectivity index (χ1v) is 9.09. The lowest BCUT2D eigenvalue weighted by molar-refractivity contribution is -0.187. The highest BCUT2D eigenvalue weighted by Gasteiger charge is 2.53. The summed E-state index contributed by atoms with van der Waals surface area (Å²) >= 11 is 0. The highest BCUT2D eigenvalue weighted by molar-refractivity contribution is 5.77. The number of urea groups is 1. The summed E-state index contributed by atoms with van der Waals surface area (Å²) in [5.41, 5.74) is 0. The highest BCUT2D eigenvalue weighted by Crippen LogP contribution is 2.49. The minimum atomic E-state index is -4.61. The zero-order valence-electron chi connectivity index (χ0n) is 14.1. The number of nitrogens with one attached hydrogen (secondary N) is 1. The third-order valence-corrected chi connectivity index (χ3v) is 6.09. The SMILES string of the molecule is O=C(O)[C@@H]1CN(C(=O)NC[C@@H]2C[C@H]2C2CCCCC2)C[C@H]1C(F)(F)F. The van der Waals surface area contributed by atoms with E-state index in [1.165, 1.54) is 32.1 Å². The fraction of sp³-hybridized carbons (Fsp3) is 0.882. The van der Waals surface area contributed by atoms with E-state index >= 15 is 0 Å². The summed E-state index contributed by atoms with van der Waals surface area (Å²) in [5.74, 6) is -3.30. The van der Waals surface area contributed by atoms with E-state index in [1.807, 2.05) is 0 Å². The van der Waals surface area contributed by atoms with Crippen LogP contribution in [0.2, 0.25) is 0 Å². The maximum Gasteiger partial charge on any atom is 0.394 e. The second kappa shape index (κ2) is 7.03. The van der Waals surface area contributed by atoms with Crippen molar-refractivity contribution < 1.29 is 27.9 Å². The van der Waals surface area contributed by atoms with Gasteiger partial charge in [-0.05, 0) is 24.2 Å². The van der Waals surface area contributed by atoms with Crippen LogP contribution in [0, 0.1) is 29.6 Å². The van der Waals surface area contributed by atoms with Crippen LogP contribution in [0.25, 0.3) is 0 Å². The van der Waals surface area contributed by atoms with Gasteiger partial charge in [0, 0.05) is 19.6 Å². The predicted octanol–water partition coefficient (Wildman–Crippen LogP) is 3.11. The van der Waals surface area contributed by atoms with Crippen LogP contribution in [-0.2, 0) is 4.79 Å². The van der Waals surface area contributed by atoms with Crippen LogP contribution in [0.3, 0.4) is 0 Å². The van der Waals surface area contributed by atoms with E-state index in [2.05, 4.69) is 5.32 Å². The average molecular weight is 362 g/mol. The molecule has 5 nitrogen and oxygen atoms in total. The predicted molar refractivity (Wildman–Crippen MR) is 83.8 cm³/mol. The topological polar surface area (TPSA) is 69.6 Å². The van der Waals surface area contributed by atoms with Gasteiger partial charge in [0.2, 0.25) is 0 Å². The van der Waals surface area contributed by atoms with Crippen molar-refractivity contribution in [1.29, 1.82) is 0 Å². The Morgan fingerprint density at radius 2 is 1.80 bits per heavy atom. The molecule has 0 aromatic rings. The van der Waals surface area contributed by atoms with Crippen LogP contribution in [0.4, 0.5) is 18.0 Å². The van der Waals surface area contributed by atoms with E-state index < -0.39 is 36.6 Å². The van der Waals surface area contributed by atoms with Gasteiger partial charge in [-0.3, -0.25) is 4.79 Å². The van der Waals surface area contributed by atoms with E-state index in [9.17, 15) is 22.8 Å². The molecule has 3 rings (SSSR count). The number of amides is 2. The first kappa shape index (κ1) is 18.3. The summed E-state index contributed by atoms with van der Waals surface area (Å²) < 4.78 is 38.9. The zero-order chi connectivity index (χ0) is 18.2. The monoisotopic (exact) mass is 362 g/mol. The molecular formula is C17H25F3N2O3. The van der Waals surface area contributed by atoms with Crippen LogP contribution in [-0.4, -0.2) is 47.8 Å². The molecule has 1 saturated heterocycles. The lowest BCUT2D eigenvalue weighted by Gasteiger charge is -2.22. The van der Waals surface area contributed by atoms with E-state index in [0.717, 1.165) is 17.2 Å². The van der Waals surface area contributed by atoms with Crippen LogP contribution >= 0.6 is 0 Å². The first-order chi connectivity index (χ1) is 11.8. The number of carbonyl (C=O) groups excluding carboxylic acids is 1. The molecular weight excluding hydrogens is 337 g/mol. The van der Waals surface area contributed by atoms with Crippen LogP contribution in [0.1, 0.15) is 38.5 Å². The number of hydrogen-bond acceptors (Lipinski definition) is 2. The number of likely N-dealkylation sites (tertiary alicyclic amines) is 1. The average Bonchev–Trinajstić information content (AvgIpc) is 3.18. The molecule has 25 heavy (non-hydrogen) atoms. The maximum atomic E-state index is 13.0. The van der Waals surface area contributed by atoms with Gasteiger partial charge in [-0.2, -0.15) is 13.2 Å². The van der Waals surface area contributed by atoms with Gasteiger partial charge in [0.25, 0.3) is 0 Å². The molecule has 0 unspecified atom stereocenters. The number of rotatable bonds is 4. The molecule has 2 amide bonds. The summed E-state index contributed by atoms with van der Waals surface area (Å²) in [5, 5.41) is 11.7. The molecule has 2 N–H and O–H groups in total. The standard InChI is InChI=1S/C17H25F3N2O3/c18-17(19,20)14-9-22(8-13(14)15(23)24)16(25)21-7-11-6-12(11)10-4-2-1-3-5-10/h10-14H,1-9H2,(H,21,25)(H,23,24)/t11-,12-,13+,14+/m0/s1. The lowest BCUT2D eigenvalue weighted by atomic mass is 9.85. The number of alkyl halides is 3. The van der Waals surface area contributed by atoms with Crippen molar-refractivity contribution in [2.45, 2.75) is 44.7 Å². The summed E-state index contributed by atoms with van der Waals surface area (Å²) in [6.07, 6.45) is 2.79. The van der Waals surface area contributed by atoms with Crippen LogP contribution in [0.15, 0.2) is 0 Å². The molecule has 3 fully saturated rings. The van der Waals surface area contributed by atoms with Crippen molar-refractivity contribution in [3.8, 4) is 0 Å². The highest BCUT2D eigenvalue weighted by atomic mass is 19.4. The summed E-state index contributed by atoms with van der Waals surface area (Å²) in [4.78, 5) is 24.2. The van der Waals surface area contributed by atoms with Gasteiger partial charge >= 0.3 is 18.2 Å². The molecule has 0 spiro atoms. The third kappa shape index (κ3) is 4.20. The smallest absolute Gasteiger partial charge is 0.394 e. The van der Waals surface area contributed by atoms with Crippen molar-refractivity contribution >= 4 is 12.0 Å². The number of carbonyl (C=O) groups is 2. The Kier molecular flexibility index (Phi) is 5.16. The maximum absolute atomic E-state index is 13.0. The molecule has 0 aromatic heterocycles. The van der Waals surface area contributed by atoms with Gasteiger partial charge in [-0.25, -0.2) is 4.79 Å². The van der Waals surface area contributed by atoms with Crippen molar-refractivity contribution in [1.82, 2.24) is 10.2 Å². The second-order valence-electron chi connectivity index (χ2n) is 7.74. The molecule has 3 aliphatic rings. The van der Waals surface area contributed by atoms with E-state index in [-0.39, 0.29) is 6.54 Å². The molecule has 0 radical (unpaired) electrons. The van der Waals surface area contributed by atoms with Gasteiger partial charge in [0.05, 0.1) is 11.8 Å². The summed E-state index contributed by atoms with van der Waals surface area (Å²) in [7, 11) is 0. The van der Waals surface area contributed by atoms with Crippen molar-refractivity contribution in [3.05, 3.63) is 0 Å². The molecule has 0 aromatic carbocycles. The fourth-order valence-electron chi connectivity index (χ4n) is 4.53. The number of aliphatic carboxylic acids is 1. The third-order valence-electron chi connectivity index (χ3n) is 6.09. The van der Waals surface area contributed by atoms with Gasteiger partial charge in [0.1, 0.15) is 0 Å². The molecule has 2 saturated carbocycles. The van der Waals surface area contributed by atoms with Crippen LogP contribution in [0.5, 0.6) is 0 Å². The van der Waals surface area contributed by atoms with Crippen molar-refractivity contribution in [2.24, 2.45) is 29.6 Å². The van der Waals surface area contributed by atoms with Gasteiger partial charge in [0.15, 0.2) is 0 Å². The van der Waals surface area contributed by atoms with E-state index in [4.69, 9.17) is 5.11 Å². The summed E-state index contributed by atoms with van der Waals surface area (Å²) in [6.45, 7) is -0.490. The van der Waals surface area contributed by atoms with E-state index in [0.29, 0.717) is 18.4 Å². The molecule has 4 atom stereocenters. The second-order valence-corrected chi connectivity index (χ2v) is 7.74. The summed E-state index contributed by atoms with van der Waals surface area (Å²) in [6, 6.07) is -0.577. The largest absolute Gasteiger partial charge is 0.481 e. The Morgan fingerprint density at radius 3 is 2.36 bits per heavy atom. The normalized spacial score (nSPS) is 33.3. The number of halogens is 3.